The summed E-state index contributed by atoms with van der Waals surface area (Å²) < 4.78 is 5.24. The van der Waals surface area contributed by atoms with E-state index < -0.39 is 0 Å². The van der Waals surface area contributed by atoms with Crippen LogP contribution in [0.5, 0.6) is 11.5 Å². The highest BCUT2D eigenvalue weighted by Gasteiger charge is 1.91. The molecule has 1 rings (SSSR count). The first-order chi connectivity index (χ1) is 5.33. The smallest absolute Gasteiger partial charge is 0.137 e. The van der Waals surface area contributed by atoms with Gasteiger partial charge >= 0.3 is 0 Å². The molecule has 0 atom stereocenters. The molecule has 0 spiro atoms. The summed E-state index contributed by atoms with van der Waals surface area (Å²) in [6, 6.07) is 6.65. The van der Waals surface area contributed by atoms with E-state index in [1.807, 2.05) is 0 Å². The molecule has 3 heteroatoms. The number of hydrogen-bond acceptors (Lipinski definition) is 2. The maximum atomic E-state index is 8.91. The van der Waals surface area contributed by atoms with Gasteiger partial charge in [-0.25, -0.2) is 0 Å². The predicted octanol–water partition coefficient (Wildman–Crippen LogP) is 0.0129. The van der Waals surface area contributed by atoms with Crippen molar-refractivity contribution in [2.75, 3.05) is 13.2 Å². The summed E-state index contributed by atoms with van der Waals surface area (Å²) in [7, 11) is 0. The minimum Gasteiger partial charge on any atom is -0.508 e. The third-order valence-corrected chi connectivity index (χ3v) is 1.25. The van der Waals surface area contributed by atoms with Crippen LogP contribution in [-0.2, 0) is 0 Å². The van der Waals surface area contributed by atoms with Gasteiger partial charge in [0.05, 0.1) is 0 Å². The van der Waals surface area contributed by atoms with Crippen LogP contribution in [0, 0.1) is 0 Å². The molecule has 3 nitrogen and oxygen atoms in total. The van der Waals surface area contributed by atoms with Crippen molar-refractivity contribution in [2.24, 2.45) is 0 Å². The standard InChI is InChI=1S/C8H11NO2/c9-5-6-11-8-3-1-7(10)2-4-8/h1-4,10H,5-6,9H2/p+1. The monoisotopic (exact) mass is 154 g/mol. The van der Waals surface area contributed by atoms with Crippen LogP contribution in [0.15, 0.2) is 24.3 Å². The number of aromatic hydroxyl groups is 1. The molecule has 60 valence electrons. The van der Waals surface area contributed by atoms with Gasteiger partial charge in [0.1, 0.15) is 24.7 Å². The summed E-state index contributed by atoms with van der Waals surface area (Å²) in [6.45, 7) is 1.37. The van der Waals surface area contributed by atoms with Crippen LogP contribution in [-0.4, -0.2) is 18.3 Å². The van der Waals surface area contributed by atoms with E-state index in [9.17, 15) is 0 Å². The van der Waals surface area contributed by atoms with E-state index in [0.29, 0.717) is 6.61 Å². The lowest BCUT2D eigenvalue weighted by molar-refractivity contribution is -0.370. The zero-order chi connectivity index (χ0) is 8.10. The average molecular weight is 154 g/mol. The molecule has 1 aromatic carbocycles. The van der Waals surface area contributed by atoms with E-state index >= 15 is 0 Å². The van der Waals surface area contributed by atoms with Gasteiger partial charge in [-0.2, -0.15) is 0 Å². The molecule has 0 aliphatic heterocycles. The number of hydrogen-bond donors (Lipinski definition) is 2. The lowest BCUT2D eigenvalue weighted by atomic mass is 10.3. The SMILES string of the molecule is [NH3+]CCOc1ccc(O)cc1. The molecule has 0 aliphatic rings. The van der Waals surface area contributed by atoms with Gasteiger partial charge in [0.2, 0.25) is 0 Å². The van der Waals surface area contributed by atoms with Gasteiger partial charge in [0.25, 0.3) is 0 Å². The van der Waals surface area contributed by atoms with Crippen LogP contribution in [0.4, 0.5) is 0 Å². The third-order valence-electron chi connectivity index (χ3n) is 1.25. The Morgan fingerprint density at radius 3 is 2.45 bits per heavy atom. The first-order valence-corrected chi connectivity index (χ1v) is 3.54. The molecule has 0 heterocycles. The zero-order valence-electron chi connectivity index (χ0n) is 6.29. The van der Waals surface area contributed by atoms with Crippen molar-refractivity contribution >= 4 is 0 Å². The summed E-state index contributed by atoms with van der Waals surface area (Å²) in [5.41, 5.74) is 3.64. The van der Waals surface area contributed by atoms with Gasteiger partial charge in [0, 0.05) is 0 Å². The Labute approximate surface area is 65.4 Å². The van der Waals surface area contributed by atoms with E-state index in [0.717, 1.165) is 12.3 Å². The largest absolute Gasteiger partial charge is 0.508 e. The van der Waals surface area contributed by atoms with Gasteiger partial charge < -0.3 is 15.6 Å². The highest BCUT2D eigenvalue weighted by molar-refractivity contribution is 5.29. The Morgan fingerprint density at radius 2 is 1.91 bits per heavy atom. The Balaban J connectivity index is 2.52. The quantitative estimate of drug-likeness (QED) is 0.644. The highest BCUT2D eigenvalue weighted by atomic mass is 16.5. The summed E-state index contributed by atoms with van der Waals surface area (Å²) >= 11 is 0. The number of phenolic OH excluding ortho intramolecular Hbond substituents is 1. The molecule has 4 N–H and O–H groups in total. The first kappa shape index (κ1) is 7.88. The van der Waals surface area contributed by atoms with Crippen LogP contribution in [0.3, 0.4) is 0 Å². The van der Waals surface area contributed by atoms with E-state index in [4.69, 9.17) is 9.84 Å². The van der Waals surface area contributed by atoms with Crippen molar-refractivity contribution in [3.63, 3.8) is 0 Å². The molecule has 0 aromatic heterocycles. The number of quaternary nitrogens is 1. The molecular weight excluding hydrogens is 142 g/mol. The average Bonchev–Trinajstić information content (AvgIpc) is 2.04. The fourth-order valence-corrected chi connectivity index (χ4v) is 0.732. The second-order valence-corrected chi connectivity index (χ2v) is 2.20. The van der Waals surface area contributed by atoms with Crippen molar-refractivity contribution in [3.8, 4) is 11.5 Å². The van der Waals surface area contributed by atoms with Crippen LogP contribution >= 0.6 is 0 Å². The Bertz CT molecular complexity index is 208. The van der Waals surface area contributed by atoms with Crippen molar-refractivity contribution in [2.45, 2.75) is 0 Å². The lowest BCUT2D eigenvalue weighted by Gasteiger charge is -2.01. The van der Waals surface area contributed by atoms with Gasteiger partial charge in [-0.05, 0) is 24.3 Å². The molecule has 0 fully saturated rings. The number of rotatable bonds is 3. The van der Waals surface area contributed by atoms with Crippen LogP contribution in [0.1, 0.15) is 0 Å². The minimum atomic E-state index is 0.256. The van der Waals surface area contributed by atoms with Crippen molar-refractivity contribution in [1.82, 2.24) is 0 Å². The number of benzene rings is 1. The Kier molecular flexibility index (Phi) is 2.74. The molecule has 0 amide bonds. The van der Waals surface area contributed by atoms with Gasteiger partial charge in [-0.3, -0.25) is 0 Å². The second kappa shape index (κ2) is 3.83. The minimum absolute atomic E-state index is 0.256. The summed E-state index contributed by atoms with van der Waals surface area (Å²) in [6.07, 6.45) is 0. The molecule has 0 saturated heterocycles. The Hall–Kier alpha value is -1.22. The van der Waals surface area contributed by atoms with Crippen LogP contribution in [0.25, 0.3) is 0 Å². The maximum Gasteiger partial charge on any atom is 0.137 e. The summed E-state index contributed by atoms with van der Waals surface area (Å²) in [4.78, 5) is 0. The van der Waals surface area contributed by atoms with E-state index in [1.54, 1.807) is 24.3 Å². The normalized spacial score (nSPS) is 9.55. The fourth-order valence-electron chi connectivity index (χ4n) is 0.732. The second-order valence-electron chi connectivity index (χ2n) is 2.20. The van der Waals surface area contributed by atoms with Crippen LogP contribution in [0.2, 0.25) is 0 Å². The number of phenols is 1. The first-order valence-electron chi connectivity index (χ1n) is 3.54. The van der Waals surface area contributed by atoms with Crippen molar-refractivity contribution in [3.05, 3.63) is 24.3 Å². The van der Waals surface area contributed by atoms with Gasteiger partial charge in [-0.1, -0.05) is 0 Å². The molecular formula is C8H12NO2+. The van der Waals surface area contributed by atoms with Crippen molar-refractivity contribution < 1.29 is 15.6 Å². The zero-order valence-corrected chi connectivity index (χ0v) is 6.29. The molecule has 11 heavy (non-hydrogen) atoms. The third kappa shape index (κ3) is 2.47. The molecule has 0 radical (unpaired) electrons. The molecule has 1 aromatic rings. The Morgan fingerprint density at radius 1 is 1.27 bits per heavy atom. The molecule has 0 bridgehead atoms. The molecule has 0 aliphatic carbocycles. The summed E-state index contributed by atoms with van der Waals surface area (Å²) in [5, 5.41) is 8.91. The fraction of sp³-hybridized carbons (Fsp3) is 0.250. The van der Waals surface area contributed by atoms with Crippen molar-refractivity contribution in [1.29, 1.82) is 0 Å². The van der Waals surface area contributed by atoms with Gasteiger partial charge in [0.15, 0.2) is 0 Å². The highest BCUT2D eigenvalue weighted by Crippen LogP contribution is 2.15. The van der Waals surface area contributed by atoms with E-state index in [-0.39, 0.29) is 5.75 Å². The van der Waals surface area contributed by atoms with E-state index in [1.165, 1.54) is 0 Å². The van der Waals surface area contributed by atoms with Gasteiger partial charge in [-0.15, -0.1) is 0 Å². The molecule has 0 saturated carbocycles. The topological polar surface area (TPSA) is 57.1 Å². The molecule has 0 unspecified atom stereocenters. The van der Waals surface area contributed by atoms with E-state index in [2.05, 4.69) is 5.73 Å². The van der Waals surface area contributed by atoms with Crippen LogP contribution < -0.4 is 10.5 Å². The summed E-state index contributed by atoms with van der Waals surface area (Å²) in [5.74, 6) is 1.03. The predicted molar refractivity (Wildman–Crippen MR) is 41.4 cm³/mol. The maximum absolute atomic E-state index is 8.91. The lowest BCUT2D eigenvalue weighted by Crippen LogP contribution is -2.52. The number of ether oxygens (including phenoxy) is 1.